The van der Waals surface area contributed by atoms with Gasteiger partial charge in [0.1, 0.15) is 0 Å². The molecule has 0 radical (unpaired) electrons. The minimum Gasteiger partial charge on any atom is -0.356 e. The molecule has 168 valence electrons. The molecule has 0 aliphatic heterocycles. The summed E-state index contributed by atoms with van der Waals surface area (Å²) in [5.41, 5.74) is 0. The Labute approximate surface area is 176 Å². The van der Waals surface area contributed by atoms with E-state index in [4.69, 9.17) is 33.2 Å². The van der Waals surface area contributed by atoms with E-state index in [-0.39, 0.29) is 0 Å². The number of methoxy groups -OCH3 is 2. The van der Waals surface area contributed by atoms with Gasteiger partial charge < -0.3 is 33.2 Å². The minimum absolute atomic E-state index is 0.417. The van der Waals surface area contributed by atoms with Crippen LogP contribution in [-0.4, -0.2) is 65.8 Å². The van der Waals surface area contributed by atoms with Crippen LogP contribution >= 0.6 is 0 Å². The zero-order chi connectivity index (χ0) is 21.7. The molecule has 2 atom stereocenters. The van der Waals surface area contributed by atoms with E-state index >= 15 is 0 Å². The lowest BCUT2D eigenvalue weighted by molar-refractivity contribution is -0.232. The maximum atomic E-state index is 5.85. The number of ether oxygens (including phenoxy) is 7. The second kappa shape index (κ2) is 20.1. The van der Waals surface area contributed by atoms with E-state index in [1.54, 1.807) is 14.2 Å². The topological polar surface area (TPSA) is 64.6 Å². The minimum atomic E-state index is -0.491. The van der Waals surface area contributed by atoms with Crippen molar-refractivity contribution in [2.24, 2.45) is 0 Å². The van der Waals surface area contributed by atoms with Crippen LogP contribution in [0.5, 0.6) is 0 Å². The third-order valence-corrected chi connectivity index (χ3v) is 3.55. The molecule has 0 saturated carbocycles. The van der Waals surface area contributed by atoms with Crippen LogP contribution in [0.4, 0.5) is 0 Å². The van der Waals surface area contributed by atoms with Gasteiger partial charge in [-0.15, -0.1) is 0 Å². The van der Waals surface area contributed by atoms with Crippen molar-refractivity contribution in [3.8, 4) is 23.7 Å². The highest BCUT2D eigenvalue weighted by atomic mass is 16.8. The Morgan fingerprint density at radius 3 is 1.21 bits per heavy atom. The van der Waals surface area contributed by atoms with Gasteiger partial charge in [-0.05, 0) is 39.5 Å². The molecule has 0 aliphatic rings. The molecule has 0 saturated heterocycles. The largest absolute Gasteiger partial charge is 0.356 e. The lowest BCUT2D eigenvalue weighted by Gasteiger charge is -2.21. The van der Waals surface area contributed by atoms with Crippen LogP contribution in [0.3, 0.4) is 0 Å². The Hall–Kier alpha value is -1.16. The summed E-state index contributed by atoms with van der Waals surface area (Å²) in [6.45, 7) is 9.85. The molecule has 0 aromatic heterocycles. The monoisotopic (exact) mass is 414 g/mol. The Morgan fingerprint density at radius 2 is 0.931 bits per heavy atom. The van der Waals surface area contributed by atoms with Crippen LogP contribution in [0.25, 0.3) is 0 Å². The van der Waals surface area contributed by atoms with Crippen molar-refractivity contribution in [3.63, 3.8) is 0 Å². The predicted molar refractivity (Wildman–Crippen MR) is 111 cm³/mol. The molecule has 7 nitrogen and oxygen atoms in total. The average molecular weight is 415 g/mol. The highest BCUT2D eigenvalue weighted by Crippen LogP contribution is 2.11. The molecular formula is C22H38O7. The third kappa shape index (κ3) is 15.4. The first kappa shape index (κ1) is 27.8. The van der Waals surface area contributed by atoms with Gasteiger partial charge in [-0.25, -0.2) is 0 Å². The Balaban J connectivity index is 4.40. The fourth-order valence-electron chi connectivity index (χ4n) is 2.21. The Kier molecular flexibility index (Phi) is 19.3. The second-order valence-electron chi connectivity index (χ2n) is 5.67. The van der Waals surface area contributed by atoms with Gasteiger partial charge in [-0.3, -0.25) is 0 Å². The van der Waals surface area contributed by atoms with E-state index in [1.807, 2.05) is 27.7 Å². The summed E-state index contributed by atoms with van der Waals surface area (Å²) < 4.78 is 38.2. The van der Waals surface area contributed by atoms with Gasteiger partial charge in [-0.1, -0.05) is 11.8 Å². The summed E-state index contributed by atoms with van der Waals surface area (Å²) in [6, 6.07) is 0. The molecule has 0 rings (SSSR count). The Bertz CT molecular complexity index is 433. The average Bonchev–Trinajstić information content (AvgIpc) is 2.72. The molecule has 0 aromatic carbocycles. The maximum absolute atomic E-state index is 5.85. The zero-order valence-corrected chi connectivity index (χ0v) is 18.8. The molecule has 2 unspecified atom stereocenters. The van der Waals surface area contributed by atoms with Crippen LogP contribution < -0.4 is 0 Å². The molecule has 0 aromatic rings. The van der Waals surface area contributed by atoms with Crippen molar-refractivity contribution in [1.82, 2.24) is 0 Å². The van der Waals surface area contributed by atoms with E-state index in [0.29, 0.717) is 52.1 Å². The van der Waals surface area contributed by atoms with Crippen LogP contribution in [0.15, 0.2) is 0 Å². The van der Waals surface area contributed by atoms with Crippen molar-refractivity contribution in [2.75, 3.05) is 40.6 Å². The smallest absolute Gasteiger partial charge is 0.222 e. The highest BCUT2D eigenvalue weighted by Gasteiger charge is 2.15. The fourth-order valence-corrected chi connectivity index (χ4v) is 2.21. The third-order valence-electron chi connectivity index (χ3n) is 3.55. The van der Waals surface area contributed by atoms with Crippen molar-refractivity contribution in [3.05, 3.63) is 0 Å². The standard InChI is InChI=1S/C22H38O7/c1-7-25-21(26-8-2)17-13-11-15-19(23-5)29-20(24-6)16-12-14-18-22(27-9-3)28-10-4/h19-22H,7-12,15-16H2,1-6H3. The van der Waals surface area contributed by atoms with Gasteiger partial charge >= 0.3 is 0 Å². The first-order valence-corrected chi connectivity index (χ1v) is 10.3. The molecular weight excluding hydrogens is 376 g/mol. The van der Waals surface area contributed by atoms with Crippen molar-refractivity contribution >= 4 is 0 Å². The SMILES string of the molecule is CCOC(C#CCCC(OC)OC(CCC#CC(OCC)OCC)OC)OCC. The van der Waals surface area contributed by atoms with E-state index in [9.17, 15) is 0 Å². The molecule has 0 spiro atoms. The van der Waals surface area contributed by atoms with Gasteiger partial charge in [0.2, 0.25) is 12.6 Å². The lowest BCUT2D eigenvalue weighted by atomic mass is 10.3. The summed E-state index contributed by atoms with van der Waals surface area (Å²) in [7, 11) is 3.20. The van der Waals surface area contributed by atoms with Gasteiger partial charge in [0.05, 0.1) is 0 Å². The second-order valence-corrected chi connectivity index (χ2v) is 5.67. The molecule has 29 heavy (non-hydrogen) atoms. The lowest BCUT2D eigenvalue weighted by Crippen LogP contribution is -2.25. The summed E-state index contributed by atoms with van der Waals surface area (Å²) in [5, 5.41) is 0. The van der Waals surface area contributed by atoms with E-state index in [0.717, 1.165) is 0 Å². The van der Waals surface area contributed by atoms with E-state index in [2.05, 4.69) is 23.7 Å². The zero-order valence-electron chi connectivity index (χ0n) is 18.8. The van der Waals surface area contributed by atoms with Gasteiger partial charge in [0.15, 0.2) is 12.6 Å². The Morgan fingerprint density at radius 1 is 0.586 bits per heavy atom. The van der Waals surface area contributed by atoms with Gasteiger partial charge in [-0.2, -0.15) is 0 Å². The number of rotatable bonds is 16. The van der Waals surface area contributed by atoms with Crippen LogP contribution in [0.2, 0.25) is 0 Å². The number of hydrogen-bond donors (Lipinski definition) is 0. The van der Waals surface area contributed by atoms with Crippen LogP contribution in [-0.2, 0) is 33.2 Å². The molecule has 0 N–H and O–H groups in total. The van der Waals surface area contributed by atoms with Gasteiger partial charge in [0.25, 0.3) is 0 Å². The summed E-state index contributed by atoms with van der Waals surface area (Å²) in [6.07, 6.45) is 0.585. The summed E-state index contributed by atoms with van der Waals surface area (Å²) >= 11 is 0. The molecule has 0 amide bonds. The molecule has 0 aliphatic carbocycles. The van der Waals surface area contributed by atoms with Crippen LogP contribution in [0, 0.1) is 23.7 Å². The highest BCUT2D eigenvalue weighted by molar-refractivity contribution is 5.03. The van der Waals surface area contributed by atoms with Crippen molar-refractivity contribution < 1.29 is 33.2 Å². The molecule has 0 heterocycles. The number of hydrogen-bond acceptors (Lipinski definition) is 7. The quantitative estimate of drug-likeness (QED) is 0.284. The van der Waals surface area contributed by atoms with Gasteiger partial charge in [0, 0.05) is 66.3 Å². The summed E-state index contributed by atoms with van der Waals surface area (Å²) in [5.74, 6) is 12.0. The molecule has 7 heteroatoms. The first-order valence-electron chi connectivity index (χ1n) is 10.3. The predicted octanol–water partition coefficient (Wildman–Crippen LogP) is 3.31. The van der Waals surface area contributed by atoms with E-state index < -0.39 is 25.2 Å². The first-order chi connectivity index (χ1) is 14.1. The fraction of sp³-hybridized carbons (Fsp3) is 0.818. The van der Waals surface area contributed by atoms with Crippen LogP contribution in [0.1, 0.15) is 53.4 Å². The molecule has 0 fully saturated rings. The maximum Gasteiger partial charge on any atom is 0.222 e. The van der Waals surface area contributed by atoms with Crippen molar-refractivity contribution in [2.45, 2.75) is 78.5 Å². The normalized spacial score (nSPS) is 13.0. The summed E-state index contributed by atoms with van der Waals surface area (Å²) in [4.78, 5) is 0. The van der Waals surface area contributed by atoms with E-state index in [1.165, 1.54) is 0 Å². The molecule has 0 bridgehead atoms. The van der Waals surface area contributed by atoms with Crippen molar-refractivity contribution in [1.29, 1.82) is 0 Å².